The summed E-state index contributed by atoms with van der Waals surface area (Å²) in [4.78, 5) is 28.1. The van der Waals surface area contributed by atoms with Gasteiger partial charge in [-0.15, -0.1) is 0 Å². The number of nitrogens with zero attached hydrogens (tertiary/aromatic N) is 1. The van der Waals surface area contributed by atoms with Gasteiger partial charge in [-0.05, 0) is 67.6 Å². The van der Waals surface area contributed by atoms with Crippen LogP contribution in [0.25, 0.3) is 0 Å². The highest BCUT2D eigenvalue weighted by Crippen LogP contribution is 2.30. The molecule has 4 rings (SSSR count). The molecule has 0 unspecified atom stereocenters. The van der Waals surface area contributed by atoms with Gasteiger partial charge in [-0.1, -0.05) is 42.5 Å². The highest BCUT2D eigenvalue weighted by molar-refractivity contribution is 6.04. The zero-order chi connectivity index (χ0) is 25.3. The fraction of sp³-hybridized carbons (Fsp3) is 0.310. The van der Waals surface area contributed by atoms with Crippen LogP contribution in [0.15, 0.2) is 66.7 Å². The molecule has 1 aliphatic rings. The van der Waals surface area contributed by atoms with E-state index in [1.54, 1.807) is 6.07 Å². The summed E-state index contributed by atoms with van der Waals surface area (Å²) < 4.78 is 5.38. The summed E-state index contributed by atoms with van der Waals surface area (Å²) in [5, 5.41) is 8.76. The number of ether oxygens (including phenoxy) is 1. The van der Waals surface area contributed by atoms with Crippen LogP contribution in [0.4, 0.5) is 21.9 Å². The van der Waals surface area contributed by atoms with Gasteiger partial charge >= 0.3 is 6.03 Å². The van der Waals surface area contributed by atoms with Crippen LogP contribution in [-0.4, -0.2) is 38.2 Å². The summed E-state index contributed by atoms with van der Waals surface area (Å²) in [6.07, 6.45) is 1.66. The molecule has 3 N–H and O–H groups in total. The van der Waals surface area contributed by atoms with Crippen LogP contribution >= 0.6 is 0 Å². The summed E-state index contributed by atoms with van der Waals surface area (Å²) in [6.45, 7) is 7.24. The maximum absolute atomic E-state index is 13.3. The number of carbonyl (C=O) groups is 2. The molecule has 0 radical (unpaired) electrons. The molecule has 0 atom stereocenters. The van der Waals surface area contributed by atoms with Crippen LogP contribution in [0.1, 0.15) is 40.4 Å². The third kappa shape index (κ3) is 6.43. The third-order valence-corrected chi connectivity index (χ3v) is 6.32. The molecule has 1 heterocycles. The minimum Gasteiger partial charge on any atom is -0.382 e. The predicted molar refractivity (Wildman–Crippen MR) is 145 cm³/mol. The molecule has 3 aromatic rings. The monoisotopic (exact) mass is 486 g/mol. The minimum atomic E-state index is -0.355. The molecule has 3 amide bonds. The number of amides is 3. The van der Waals surface area contributed by atoms with Crippen LogP contribution in [0.3, 0.4) is 0 Å². The number of para-hydroxylation sites is 1. The van der Waals surface area contributed by atoms with E-state index >= 15 is 0 Å². The zero-order valence-corrected chi connectivity index (χ0v) is 21.0. The third-order valence-electron chi connectivity index (χ3n) is 6.32. The van der Waals surface area contributed by atoms with Gasteiger partial charge in [-0.25, -0.2) is 4.79 Å². The Morgan fingerprint density at radius 2 is 1.75 bits per heavy atom. The van der Waals surface area contributed by atoms with Crippen molar-refractivity contribution >= 4 is 29.0 Å². The Hall–Kier alpha value is -3.84. The first kappa shape index (κ1) is 25.3. The number of aryl methyl sites for hydroxylation is 1. The van der Waals surface area contributed by atoms with Crippen LogP contribution in [0.2, 0.25) is 0 Å². The second-order valence-corrected chi connectivity index (χ2v) is 8.87. The maximum atomic E-state index is 13.3. The molecular weight excluding hydrogens is 452 g/mol. The van der Waals surface area contributed by atoms with Crippen molar-refractivity contribution in [2.45, 2.75) is 33.2 Å². The van der Waals surface area contributed by atoms with E-state index in [0.29, 0.717) is 31.0 Å². The van der Waals surface area contributed by atoms with E-state index in [4.69, 9.17) is 4.74 Å². The topological polar surface area (TPSA) is 82.7 Å². The Kier molecular flexibility index (Phi) is 8.57. The molecule has 7 nitrogen and oxygen atoms in total. The second-order valence-electron chi connectivity index (χ2n) is 8.87. The molecule has 7 heteroatoms. The molecule has 0 aromatic heterocycles. The summed E-state index contributed by atoms with van der Waals surface area (Å²) in [7, 11) is 0. The average Bonchev–Trinajstić information content (AvgIpc) is 2.89. The number of nitrogens with one attached hydrogen (secondary N) is 3. The lowest BCUT2D eigenvalue weighted by Crippen LogP contribution is -2.33. The molecule has 0 aliphatic carbocycles. The second kappa shape index (κ2) is 12.2. The lowest BCUT2D eigenvalue weighted by Gasteiger charge is -2.32. The van der Waals surface area contributed by atoms with Gasteiger partial charge in [0.15, 0.2) is 0 Å². The van der Waals surface area contributed by atoms with Crippen molar-refractivity contribution in [2.75, 3.05) is 41.8 Å². The van der Waals surface area contributed by atoms with Crippen LogP contribution < -0.4 is 20.9 Å². The van der Waals surface area contributed by atoms with Gasteiger partial charge in [0.2, 0.25) is 0 Å². The molecule has 0 spiro atoms. The van der Waals surface area contributed by atoms with Gasteiger partial charge in [-0.3, -0.25) is 4.79 Å². The quantitative estimate of drug-likeness (QED) is 0.356. The number of benzene rings is 3. The van der Waals surface area contributed by atoms with E-state index in [2.05, 4.69) is 45.1 Å². The van der Waals surface area contributed by atoms with Crippen molar-refractivity contribution in [1.29, 1.82) is 0 Å². The standard InChI is InChI=1S/C29H34N4O3/c1-3-36-18-8-16-30-28(34)25-19-24(31-29(35)32-26-12-7-4-9-21(26)2)13-14-27(25)33-17-15-22-10-5-6-11-23(22)20-33/h4-7,9-14,19H,3,8,15-18,20H2,1-2H3,(H,30,34)(H2,31,32,35). The normalized spacial score (nSPS) is 12.6. The number of anilines is 3. The number of hydrogen-bond acceptors (Lipinski definition) is 4. The van der Waals surface area contributed by atoms with Crippen LogP contribution in [0.5, 0.6) is 0 Å². The molecule has 0 fully saturated rings. The largest absolute Gasteiger partial charge is 0.382 e. The first-order valence-corrected chi connectivity index (χ1v) is 12.5. The van der Waals surface area contributed by atoms with Crippen LogP contribution in [-0.2, 0) is 17.7 Å². The SMILES string of the molecule is CCOCCCNC(=O)c1cc(NC(=O)Nc2ccccc2C)ccc1N1CCc2ccccc2C1. The van der Waals surface area contributed by atoms with Crippen molar-refractivity contribution in [3.05, 3.63) is 89.0 Å². The fourth-order valence-electron chi connectivity index (χ4n) is 4.39. The van der Waals surface area contributed by atoms with E-state index in [-0.39, 0.29) is 11.9 Å². The lowest BCUT2D eigenvalue weighted by atomic mass is 9.98. The molecule has 0 saturated carbocycles. The van der Waals surface area contributed by atoms with Crippen molar-refractivity contribution in [3.63, 3.8) is 0 Å². The van der Waals surface area contributed by atoms with Gasteiger partial charge in [-0.2, -0.15) is 0 Å². The lowest BCUT2D eigenvalue weighted by molar-refractivity contribution is 0.0944. The Bertz CT molecular complexity index is 1210. The molecule has 3 aromatic carbocycles. The number of hydrogen-bond donors (Lipinski definition) is 3. The maximum Gasteiger partial charge on any atom is 0.323 e. The minimum absolute atomic E-state index is 0.164. The number of fused-ring (bicyclic) bond motifs is 1. The molecule has 188 valence electrons. The summed E-state index contributed by atoms with van der Waals surface area (Å²) in [5.74, 6) is -0.164. The van der Waals surface area contributed by atoms with Gasteiger partial charge in [0.25, 0.3) is 5.91 Å². The van der Waals surface area contributed by atoms with Gasteiger partial charge in [0.1, 0.15) is 0 Å². The number of carbonyl (C=O) groups excluding carboxylic acids is 2. The summed E-state index contributed by atoms with van der Waals surface area (Å²) in [6, 6.07) is 21.2. The Balaban J connectivity index is 1.53. The Morgan fingerprint density at radius 3 is 2.56 bits per heavy atom. The highest BCUT2D eigenvalue weighted by Gasteiger charge is 2.22. The number of urea groups is 1. The van der Waals surface area contributed by atoms with E-state index in [1.807, 2.05) is 50.2 Å². The van der Waals surface area contributed by atoms with E-state index in [0.717, 1.165) is 42.9 Å². The van der Waals surface area contributed by atoms with Crippen molar-refractivity contribution in [3.8, 4) is 0 Å². The van der Waals surface area contributed by atoms with E-state index < -0.39 is 0 Å². The molecule has 0 bridgehead atoms. The Labute approximate surface area is 212 Å². The number of rotatable bonds is 9. The van der Waals surface area contributed by atoms with E-state index in [9.17, 15) is 9.59 Å². The molecule has 0 saturated heterocycles. The first-order valence-electron chi connectivity index (χ1n) is 12.5. The first-order chi connectivity index (χ1) is 17.5. The molecule has 36 heavy (non-hydrogen) atoms. The zero-order valence-electron chi connectivity index (χ0n) is 21.0. The van der Waals surface area contributed by atoms with Crippen molar-refractivity contribution in [1.82, 2.24) is 5.32 Å². The van der Waals surface area contributed by atoms with E-state index in [1.165, 1.54) is 11.1 Å². The average molecular weight is 487 g/mol. The smallest absolute Gasteiger partial charge is 0.323 e. The van der Waals surface area contributed by atoms with Gasteiger partial charge in [0, 0.05) is 49.9 Å². The summed E-state index contributed by atoms with van der Waals surface area (Å²) >= 11 is 0. The predicted octanol–water partition coefficient (Wildman–Crippen LogP) is 5.36. The highest BCUT2D eigenvalue weighted by atomic mass is 16.5. The summed E-state index contributed by atoms with van der Waals surface area (Å²) in [5.41, 5.74) is 6.29. The molecule has 1 aliphatic heterocycles. The molecular formula is C29H34N4O3. The van der Waals surface area contributed by atoms with Crippen LogP contribution in [0, 0.1) is 6.92 Å². The van der Waals surface area contributed by atoms with Gasteiger partial charge < -0.3 is 25.6 Å². The van der Waals surface area contributed by atoms with Crippen molar-refractivity contribution in [2.24, 2.45) is 0 Å². The van der Waals surface area contributed by atoms with Crippen molar-refractivity contribution < 1.29 is 14.3 Å². The fourth-order valence-corrected chi connectivity index (χ4v) is 4.39. The Morgan fingerprint density at radius 1 is 0.972 bits per heavy atom. The van der Waals surface area contributed by atoms with Gasteiger partial charge in [0.05, 0.1) is 5.56 Å².